The molecule has 21 heavy (non-hydrogen) atoms. The fourth-order valence-electron chi connectivity index (χ4n) is 3.01. The second kappa shape index (κ2) is 5.82. The van der Waals surface area contributed by atoms with Gasteiger partial charge in [0, 0.05) is 24.1 Å². The van der Waals surface area contributed by atoms with Crippen LogP contribution in [0.2, 0.25) is 0 Å². The predicted octanol–water partition coefficient (Wildman–Crippen LogP) is 3.28. The van der Waals surface area contributed by atoms with Gasteiger partial charge < -0.3 is 10.1 Å². The highest BCUT2D eigenvalue weighted by Crippen LogP contribution is 2.24. The molecule has 0 spiro atoms. The van der Waals surface area contributed by atoms with Crippen LogP contribution in [0.4, 0.5) is 4.39 Å². The van der Waals surface area contributed by atoms with Crippen LogP contribution in [0.25, 0.3) is 10.8 Å². The lowest BCUT2D eigenvalue weighted by Crippen LogP contribution is -2.33. The largest absolute Gasteiger partial charge is 0.381 e. The maximum Gasteiger partial charge on any atom is 0.252 e. The van der Waals surface area contributed by atoms with Crippen LogP contribution >= 0.6 is 0 Å². The molecule has 1 aliphatic carbocycles. The number of fused-ring (bicyclic) bond motifs is 1. The smallest absolute Gasteiger partial charge is 0.252 e. The van der Waals surface area contributed by atoms with Crippen molar-refractivity contribution in [3.63, 3.8) is 0 Å². The van der Waals surface area contributed by atoms with Gasteiger partial charge in [-0.25, -0.2) is 4.39 Å². The lowest BCUT2D eigenvalue weighted by Gasteiger charge is -2.14. The lowest BCUT2D eigenvalue weighted by molar-refractivity contribution is 0.0916. The molecule has 0 heterocycles. The van der Waals surface area contributed by atoms with E-state index in [1.165, 1.54) is 6.07 Å². The number of rotatable bonds is 3. The Kier molecular flexibility index (Phi) is 3.88. The number of halogens is 1. The maximum absolute atomic E-state index is 13.8. The monoisotopic (exact) mass is 287 g/mol. The molecule has 1 aliphatic rings. The van der Waals surface area contributed by atoms with Crippen molar-refractivity contribution in [1.29, 1.82) is 0 Å². The molecule has 1 fully saturated rings. The minimum Gasteiger partial charge on any atom is -0.381 e. The van der Waals surface area contributed by atoms with Crippen molar-refractivity contribution in [2.45, 2.75) is 31.4 Å². The molecule has 1 saturated carbocycles. The third-order valence-corrected chi connectivity index (χ3v) is 4.17. The van der Waals surface area contributed by atoms with Crippen LogP contribution < -0.4 is 5.32 Å². The summed E-state index contributed by atoms with van der Waals surface area (Å²) in [5.74, 6) is -0.449. The molecule has 1 amide bonds. The normalized spacial score (nSPS) is 21.6. The van der Waals surface area contributed by atoms with Gasteiger partial charge in [0.1, 0.15) is 5.82 Å². The van der Waals surface area contributed by atoms with Gasteiger partial charge in [0.2, 0.25) is 0 Å². The molecule has 110 valence electrons. The predicted molar refractivity (Wildman–Crippen MR) is 79.8 cm³/mol. The molecule has 2 aromatic carbocycles. The van der Waals surface area contributed by atoms with Crippen LogP contribution in [0, 0.1) is 5.82 Å². The second-order valence-electron chi connectivity index (χ2n) is 5.48. The summed E-state index contributed by atoms with van der Waals surface area (Å²) in [7, 11) is 1.70. The Morgan fingerprint density at radius 3 is 2.67 bits per heavy atom. The van der Waals surface area contributed by atoms with E-state index in [4.69, 9.17) is 4.74 Å². The van der Waals surface area contributed by atoms with Crippen molar-refractivity contribution >= 4 is 16.7 Å². The lowest BCUT2D eigenvalue weighted by atomic mass is 10.0. The third-order valence-electron chi connectivity index (χ3n) is 4.17. The number of amides is 1. The molecule has 2 atom stereocenters. The van der Waals surface area contributed by atoms with Crippen LogP contribution in [-0.4, -0.2) is 25.2 Å². The number of hydrogen-bond donors (Lipinski definition) is 1. The first-order valence-electron chi connectivity index (χ1n) is 7.20. The Morgan fingerprint density at radius 2 is 1.95 bits per heavy atom. The Labute approximate surface area is 123 Å². The molecular formula is C17H18FNO2. The standard InChI is InChI=1S/C17H18FNO2/c1-21-12-7-6-11(10-12)19-17(20)15-8-9-16(18)14-5-3-2-4-13(14)15/h2-5,8-9,11-12H,6-7,10H2,1H3,(H,19,20). The molecule has 2 aromatic rings. The van der Waals surface area contributed by atoms with E-state index in [1.54, 1.807) is 31.4 Å². The fraction of sp³-hybridized carbons (Fsp3) is 0.353. The average molecular weight is 287 g/mol. The quantitative estimate of drug-likeness (QED) is 0.941. The topological polar surface area (TPSA) is 38.3 Å². The zero-order valence-electron chi connectivity index (χ0n) is 11.9. The Hall–Kier alpha value is -1.94. The zero-order chi connectivity index (χ0) is 14.8. The van der Waals surface area contributed by atoms with Crippen LogP contribution in [-0.2, 0) is 4.74 Å². The van der Waals surface area contributed by atoms with Crippen LogP contribution in [0.5, 0.6) is 0 Å². The SMILES string of the molecule is COC1CCC(NC(=O)c2ccc(F)c3ccccc23)C1. The summed E-state index contributed by atoms with van der Waals surface area (Å²) >= 11 is 0. The molecule has 0 radical (unpaired) electrons. The van der Waals surface area contributed by atoms with Gasteiger partial charge in [-0.15, -0.1) is 0 Å². The highest BCUT2D eigenvalue weighted by atomic mass is 19.1. The summed E-state index contributed by atoms with van der Waals surface area (Å²) in [6.07, 6.45) is 2.94. The zero-order valence-corrected chi connectivity index (χ0v) is 11.9. The average Bonchev–Trinajstić information content (AvgIpc) is 2.95. The van der Waals surface area contributed by atoms with Crippen LogP contribution in [0.1, 0.15) is 29.6 Å². The minimum atomic E-state index is -0.303. The van der Waals surface area contributed by atoms with E-state index < -0.39 is 0 Å². The molecular weight excluding hydrogens is 269 g/mol. The number of nitrogens with one attached hydrogen (secondary N) is 1. The van der Waals surface area contributed by atoms with Crippen molar-refractivity contribution in [2.24, 2.45) is 0 Å². The summed E-state index contributed by atoms with van der Waals surface area (Å²) in [4.78, 5) is 12.4. The van der Waals surface area contributed by atoms with Gasteiger partial charge in [-0.3, -0.25) is 4.79 Å². The molecule has 0 aliphatic heterocycles. The highest BCUT2D eigenvalue weighted by molar-refractivity contribution is 6.07. The van der Waals surface area contributed by atoms with E-state index >= 15 is 0 Å². The van der Waals surface area contributed by atoms with Gasteiger partial charge >= 0.3 is 0 Å². The first-order chi connectivity index (χ1) is 10.2. The minimum absolute atomic E-state index is 0.131. The molecule has 0 saturated heterocycles. The van der Waals surface area contributed by atoms with Gasteiger partial charge in [-0.05, 0) is 36.8 Å². The fourth-order valence-corrected chi connectivity index (χ4v) is 3.01. The summed E-state index contributed by atoms with van der Waals surface area (Å²) in [6.45, 7) is 0. The molecule has 3 rings (SSSR count). The number of ether oxygens (including phenoxy) is 1. The van der Waals surface area contributed by atoms with Crippen LogP contribution in [0.15, 0.2) is 36.4 Å². The van der Waals surface area contributed by atoms with E-state index in [9.17, 15) is 9.18 Å². The Balaban J connectivity index is 1.84. The molecule has 2 unspecified atom stereocenters. The Bertz CT molecular complexity index is 671. The Morgan fingerprint density at radius 1 is 1.19 bits per heavy atom. The van der Waals surface area contributed by atoms with Gasteiger partial charge in [0.25, 0.3) is 5.91 Å². The van der Waals surface area contributed by atoms with E-state index in [1.807, 2.05) is 6.07 Å². The molecule has 0 aromatic heterocycles. The number of benzene rings is 2. The van der Waals surface area contributed by atoms with E-state index in [-0.39, 0.29) is 23.9 Å². The van der Waals surface area contributed by atoms with E-state index in [0.717, 1.165) is 19.3 Å². The highest BCUT2D eigenvalue weighted by Gasteiger charge is 2.26. The van der Waals surface area contributed by atoms with Crippen molar-refractivity contribution in [1.82, 2.24) is 5.32 Å². The molecule has 0 bridgehead atoms. The first kappa shape index (κ1) is 14.0. The van der Waals surface area contributed by atoms with Gasteiger partial charge in [0.05, 0.1) is 6.10 Å². The molecule has 1 N–H and O–H groups in total. The van der Waals surface area contributed by atoms with E-state index in [2.05, 4.69) is 5.32 Å². The summed E-state index contributed by atoms with van der Waals surface area (Å²) in [6, 6.07) is 10.1. The van der Waals surface area contributed by atoms with Crippen molar-refractivity contribution in [3.05, 3.63) is 47.8 Å². The van der Waals surface area contributed by atoms with Gasteiger partial charge in [-0.2, -0.15) is 0 Å². The van der Waals surface area contributed by atoms with E-state index in [0.29, 0.717) is 16.3 Å². The molecule has 3 nitrogen and oxygen atoms in total. The third kappa shape index (κ3) is 2.76. The second-order valence-corrected chi connectivity index (χ2v) is 5.48. The van der Waals surface area contributed by atoms with Gasteiger partial charge in [-0.1, -0.05) is 24.3 Å². The first-order valence-corrected chi connectivity index (χ1v) is 7.20. The van der Waals surface area contributed by atoms with Crippen LogP contribution in [0.3, 0.4) is 0 Å². The van der Waals surface area contributed by atoms with Crippen molar-refractivity contribution in [2.75, 3.05) is 7.11 Å². The van der Waals surface area contributed by atoms with Gasteiger partial charge in [0.15, 0.2) is 0 Å². The molecule has 4 heteroatoms. The summed E-state index contributed by atoms with van der Waals surface area (Å²) in [5.41, 5.74) is 0.521. The number of carbonyl (C=O) groups is 1. The van der Waals surface area contributed by atoms with Crippen molar-refractivity contribution in [3.8, 4) is 0 Å². The number of carbonyl (C=O) groups excluding carboxylic acids is 1. The van der Waals surface area contributed by atoms with Crippen molar-refractivity contribution < 1.29 is 13.9 Å². The summed E-state index contributed by atoms with van der Waals surface area (Å²) in [5, 5.41) is 4.16. The summed E-state index contributed by atoms with van der Waals surface area (Å²) < 4.78 is 19.1. The maximum atomic E-state index is 13.8. The number of methoxy groups -OCH3 is 1. The number of hydrogen-bond acceptors (Lipinski definition) is 2.